The van der Waals surface area contributed by atoms with Gasteiger partial charge in [0.15, 0.2) is 0 Å². The summed E-state index contributed by atoms with van der Waals surface area (Å²) in [5.74, 6) is 4.45. The highest BCUT2D eigenvalue weighted by Gasteiger charge is 2.36. The van der Waals surface area contributed by atoms with Crippen LogP contribution in [0.1, 0.15) is 15.9 Å². The number of aliphatic hydroxyl groups excluding tert-OH is 2. The van der Waals surface area contributed by atoms with Gasteiger partial charge in [0.2, 0.25) is 0 Å². The Hall–Kier alpha value is -1.84. The van der Waals surface area contributed by atoms with E-state index in [1.54, 1.807) is 0 Å². The van der Waals surface area contributed by atoms with Crippen LogP contribution < -0.4 is 11.3 Å². The normalized spacial score (nSPS) is 22.5. The van der Waals surface area contributed by atoms with Gasteiger partial charge in [-0.2, -0.15) is 13.2 Å². The molecule has 0 spiro atoms. The Balaban J connectivity index is 2.35. The summed E-state index contributed by atoms with van der Waals surface area (Å²) in [5, 5.41) is 18.8. The molecule has 0 radical (unpaired) electrons. The van der Waals surface area contributed by atoms with Crippen LogP contribution >= 0.6 is 0 Å². The third-order valence-corrected chi connectivity index (χ3v) is 3.28. The zero-order valence-corrected chi connectivity index (χ0v) is 10.8. The predicted octanol–water partition coefficient (Wildman–Crippen LogP) is 0.169. The lowest BCUT2D eigenvalue weighted by atomic mass is 10.1. The van der Waals surface area contributed by atoms with Crippen molar-refractivity contribution < 1.29 is 28.2 Å². The number of carbonyl (C=O) groups is 1. The van der Waals surface area contributed by atoms with E-state index >= 15 is 0 Å². The van der Waals surface area contributed by atoms with Crippen LogP contribution in [0.3, 0.4) is 0 Å². The molecule has 2 rings (SSSR count). The number of likely N-dealkylation sites (tertiary alicyclic amines) is 1. The van der Waals surface area contributed by atoms with Crippen molar-refractivity contribution in [3.63, 3.8) is 0 Å². The molecule has 116 valence electrons. The number of alkyl halides is 3. The number of amides is 1. The Morgan fingerprint density at radius 1 is 1.29 bits per heavy atom. The summed E-state index contributed by atoms with van der Waals surface area (Å²) < 4.78 is 38.1. The standard InChI is InChI=1S/C12H14F3N3O3/c13-12(14,15)6-1-2-8(17-16)7(3-6)11(21)18-4-9(19)10(20)5-18/h1-3,9-10,17,19-20H,4-5,16H2. The lowest BCUT2D eigenvalue weighted by molar-refractivity contribution is -0.137. The van der Waals surface area contributed by atoms with Gasteiger partial charge in [-0.05, 0) is 18.2 Å². The molecule has 9 heteroatoms. The summed E-state index contributed by atoms with van der Waals surface area (Å²) >= 11 is 0. The zero-order chi connectivity index (χ0) is 15.8. The Morgan fingerprint density at radius 2 is 1.86 bits per heavy atom. The number of aliphatic hydroxyl groups is 2. The van der Waals surface area contributed by atoms with E-state index in [0.29, 0.717) is 6.07 Å². The Bertz CT molecular complexity index is 540. The van der Waals surface area contributed by atoms with E-state index in [1.165, 1.54) is 0 Å². The first-order valence-electron chi connectivity index (χ1n) is 6.07. The van der Waals surface area contributed by atoms with Crippen LogP contribution in [0.25, 0.3) is 0 Å². The number of halogens is 3. The maximum Gasteiger partial charge on any atom is 0.416 e. The molecule has 21 heavy (non-hydrogen) atoms. The van der Waals surface area contributed by atoms with Gasteiger partial charge in [-0.1, -0.05) is 0 Å². The molecule has 1 aliphatic rings. The quantitative estimate of drug-likeness (QED) is 0.461. The molecular formula is C12H14F3N3O3. The van der Waals surface area contributed by atoms with Crippen LogP contribution in [-0.4, -0.2) is 46.3 Å². The molecule has 1 aliphatic heterocycles. The molecule has 1 amide bonds. The fraction of sp³-hybridized carbons (Fsp3) is 0.417. The van der Waals surface area contributed by atoms with Crippen molar-refractivity contribution in [2.24, 2.45) is 5.84 Å². The van der Waals surface area contributed by atoms with Gasteiger partial charge in [-0.3, -0.25) is 10.6 Å². The van der Waals surface area contributed by atoms with E-state index in [-0.39, 0.29) is 24.3 Å². The lowest BCUT2D eigenvalue weighted by Crippen LogP contribution is -2.31. The number of β-amino-alcohol motifs (C(OH)–C–C–N with tert-alkyl or cyclic N) is 2. The summed E-state index contributed by atoms with van der Waals surface area (Å²) in [6, 6.07) is 2.55. The second kappa shape index (κ2) is 5.51. The van der Waals surface area contributed by atoms with Gasteiger partial charge < -0.3 is 20.5 Å². The van der Waals surface area contributed by atoms with Crippen molar-refractivity contribution in [3.05, 3.63) is 29.3 Å². The van der Waals surface area contributed by atoms with E-state index in [0.717, 1.165) is 17.0 Å². The van der Waals surface area contributed by atoms with E-state index in [9.17, 15) is 28.2 Å². The molecule has 2 unspecified atom stereocenters. The largest absolute Gasteiger partial charge is 0.416 e. The summed E-state index contributed by atoms with van der Waals surface area (Å²) in [7, 11) is 0. The summed E-state index contributed by atoms with van der Waals surface area (Å²) in [6.07, 6.45) is -6.82. The second-order valence-corrected chi connectivity index (χ2v) is 4.75. The summed E-state index contributed by atoms with van der Waals surface area (Å²) in [5.41, 5.74) is 0.941. The number of rotatable bonds is 2. The van der Waals surface area contributed by atoms with Crippen LogP contribution in [0.2, 0.25) is 0 Å². The van der Waals surface area contributed by atoms with Crippen molar-refractivity contribution in [2.75, 3.05) is 18.5 Å². The highest BCUT2D eigenvalue weighted by Crippen LogP contribution is 2.32. The fourth-order valence-corrected chi connectivity index (χ4v) is 2.13. The number of nitrogen functional groups attached to an aromatic ring is 1. The monoisotopic (exact) mass is 305 g/mol. The summed E-state index contributed by atoms with van der Waals surface area (Å²) in [6.45, 7) is -0.305. The van der Waals surface area contributed by atoms with Crippen LogP contribution in [0, 0.1) is 0 Å². The number of carbonyl (C=O) groups excluding carboxylic acids is 1. The average Bonchev–Trinajstić information content (AvgIpc) is 2.76. The minimum Gasteiger partial charge on any atom is -0.388 e. The van der Waals surface area contributed by atoms with E-state index in [4.69, 9.17) is 5.84 Å². The highest BCUT2D eigenvalue weighted by atomic mass is 19.4. The first-order valence-corrected chi connectivity index (χ1v) is 6.07. The number of hydrogen-bond acceptors (Lipinski definition) is 5. The van der Waals surface area contributed by atoms with Crippen LogP contribution in [0.4, 0.5) is 18.9 Å². The van der Waals surface area contributed by atoms with Gasteiger partial charge in [-0.15, -0.1) is 0 Å². The molecule has 2 atom stereocenters. The van der Waals surface area contributed by atoms with Gasteiger partial charge in [0.05, 0.1) is 29.0 Å². The van der Waals surface area contributed by atoms with Gasteiger partial charge in [0, 0.05) is 13.1 Å². The highest BCUT2D eigenvalue weighted by molar-refractivity contribution is 6.00. The Labute approximate surface area is 117 Å². The lowest BCUT2D eigenvalue weighted by Gasteiger charge is -2.19. The number of benzene rings is 1. The van der Waals surface area contributed by atoms with Gasteiger partial charge in [0.1, 0.15) is 0 Å². The van der Waals surface area contributed by atoms with Gasteiger partial charge in [-0.25, -0.2) is 0 Å². The van der Waals surface area contributed by atoms with Crippen molar-refractivity contribution >= 4 is 11.6 Å². The number of anilines is 1. The SMILES string of the molecule is NNc1ccc(C(F)(F)F)cc1C(=O)N1CC(O)C(O)C1. The predicted molar refractivity (Wildman–Crippen MR) is 67.2 cm³/mol. The maximum absolute atomic E-state index is 12.7. The summed E-state index contributed by atoms with van der Waals surface area (Å²) in [4.78, 5) is 13.3. The molecular weight excluding hydrogens is 291 g/mol. The Morgan fingerprint density at radius 3 is 2.33 bits per heavy atom. The van der Waals surface area contributed by atoms with Crippen molar-refractivity contribution in [1.82, 2.24) is 4.90 Å². The molecule has 0 aliphatic carbocycles. The maximum atomic E-state index is 12.7. The third-order valence-electron chi connectivity index (χ3n) is 3.28. The van der Waals surface area contributed by atoms with Crippen LogP contribution in [-0.2, 0) is 6.18 Å². The van der Waals surface area contributed by atoms with Crippen LogP contribution in [0.5, 0.6) is 0 Å². The number of nitrogens with two attached hydrogens (primary N) is 1. The van der Waals surface area contributed by atoms with Crippen molar-refractivity contribution in [1.29, 1.82) is 0 Å². The zero-order valence-electron chi connectivity index (χ0n) is 10.8. The van der Waals surface area contributed by atoms with E-state index in [1.807, 2.05) is 0 Å². The molecule has 1 aromatic carbocycles. The molecule has 0 bridgehead atoms. The molecule has 1 saturated heterocycles. The van der Waals surface area contributed by atoms with E-state index < -0.39 is 29.9 Å². The second-order valence-electron chi connectivity index (χ2n) is 4.75. The number of hydrazine groups is 1. The first-order chi connectivity index (χ1) is 9.74. The van der Waals surface area contributed by atoms with Gasteiger partial charge >= 0.3 is 6.18 Å². The Kier molecular flexibility index (Phi) is 4.08. The number of hydrogen-bond donors (Lipinski definition) is 4. The average molecular weight is 305 g/mol. The fourth-order valence-electron chi connectivity index (χ4n) is 2.13. The number of nitrogens with one attached hydrogen (secondary N) is 1. The molecule has 6 nitrogen and oxygen atoms in total. The van der Waals surface area contributed by atoms with E-state index in [2.05, 4.69) is 5.43 Å². The van der Waals surface area contributed by atoms with Crippen molar-refractivity contribution in [2.45, 2.75) is 18.4 Å². The molecule has 1 fully saturated rings. The van der Waals surface area contributed by atoms with Crippen molar-refractivity contribution in [3.8, 4) is 0 Å². The number of nitrogens with zero attached hydrogens (tertiary/aromatic N) is 1. The molecule has 1 heterocycles. The molecule has 1 aromatic rings. The molecule has 5 N–H and O–H groups in total. The molecule has 0 aromatic heterocycles. The minimum atomic E-state index is -4.59. The minimum absolute atomic E-state index is 0.0314. The van der Waals surface area contributed by atoms with Crippen LogP contribution in [0.15, 0.2) is 18.2 Å². The van der Waals surface area contributed by atoms with Gasteiger partial charge in [0.25, 0.3) is 5.91 Å². The third kappa shape index (κ3) is 3.09. The molecule has 0 saturated carbocycles. The first kappa shape index (κ1) is 15.5. The smallest absolute Gasteiger partial charge is 0.388 e. The topological polar surface area (TPSA) is 98.8 Å².